The van der Waals surface area contributed by atoms with Gasteiger partial charge < -0.3 is 9.64 Å². The summed E-state index contributed by atoms with van der Waals surface area (Å²) in [6.45, 7) is 6.95. The van der Waals surface area contributed by atoms with E-state index in [2.05, 4.69) is 24.0 Å². The van der Waals surface area contributed by atoms with Crippen molar-refractivity contribution in [3.8, 4) is 0 Å². The Kier molecular flexibility index (Phi) is 7.16. The van der Waals surface area contributed by atoms with E-state index in [1.54, 1.807) is 0 Å². The van der Waals surface area contributed by atoms with Gasteiger partial charge in [0.25, 0.3) is 0 Å². The van der Waals surface area contributed by atoms with Crippen LogP contribution in [0, 0.1) is 0 Å². The molecule has 3 heterocycles. The summed E-state index contributed by atoms with van der Waals surface area (Å²) in [4.78, 5) is 28.5. The van der Waals surface area contributed by atoms with Crippen LogP contribution in [0.25, 0.3) is 10.9 Å². The third-order valence-corrected chi connectivity index (χ3v) is 8.17. The van der Waals surface area contributed by atoms with Crippen molar-refractivity contribution < 1.29 is 9.53 Å². The Morgan fingerprint density at radius 3 is 2.76 bits per heavy atom. The minimum absolute atomic E-state index is 0.125. The largest absolute Gasteiger partial charge is 0.379 e. The number of carbonyl (C=O) groups excluding carboxylic acids is 1. The molecule has 3 aromatic rings. The van der Waals surface area contributed by atoms with Crippen LogP contribution < -0.4 is 4.90 Å². The quantitative estimate of drug-likeness (QED) is 0.394. The van der Waals surface area contributed by atoms with Gasteiger partial charge in [-0.3, -0.25) is 9.69 Å². The number of carbonyl (C=O) groups is 1. The molecule has 1 atom stereocenters. The average Bonchev–Trinajstić information content (AvgIpc) is 3.01. The SMILES string of the molecule is CC1CCN(C(=O)CSc2nc(CN3CCOCC3)nc3ccccc23)c2ccccc2S1. The van der Waals surface area contributed by atoms with Crippen LogP contribution in [0.1, 0.15) is 19.2 Å². The van der Waals surface area contributed by atoms with Gasteiger partial charge >= 0.3 is 0 Å². The smallest absolute Gasteiger partial charge is 0.237 e. The highest BCUT2D eigenvalue weighted by molar-refractivity contribution is 8.00. The van der Waals surface area contributed by atoms with Gasteiger partial charge in [-0.1, -0.05) is 49.0 Å². The van der Waals surface area contributed by atoms with Gasteiger partial charge in [-0.15, -0.1) is 11.8 Å². The molecule has 5 rings (SSSR count). The summed E-state index contributed by atoms with van der Waals surface area (Å²) in [7, 11) is 0. The summed E-state index contributed by atoms with van der Waals surface area (Å²) in [5.74, 6) is 1.28. The molecule has 2 aromatic carbocycles. The number of nitrogens with zero attached hydrogens (tertiary/aromatic N) is 4. The van der Waals surface area contributed by atoms with Crippen molar-refractivity contribution in [3.05, 3.63) is 54.4 Å². The molecule has 1 unspecified atom stereocenters. The van der Waals surface area contributed by atoms with Gasteiger partial charge in [-0.25, -0.2) is 9.97 Å². The maximum atomic E-state index is 13.4. The number of rotatable bonds is 5. The molecule has 8 heteroatoms. The Hall–Kier alpha value is -2.13. The van der Waals surface area contributed by atoms with E-state index in [1.165, 1.54) is 16.7 Å². The van der Waals surface area contributed by atoms with Crippen LogP contribution in [-0.2, 0) is 16.1 Å². The molecule has 1 amide bonds. The lowest BCUT2D eigenvalue weighted by Gasteiger charge is -2.26. The number of aromatic nitrogens is 2. The molecule has 0 aliphatic carbocycles. The van der Waals surface area contributed by atoms with Gasteiger partial charge in [0.2, 0.25) is 5.91 Å². The molecule has 33 heavy (non-hydrogen) atoms. The highest BCUT2D eigenvalue weighted by Gasteiger charge is 2.24. The number of ether oxygens (including phenoxy) is 1. The Morgan fingerprint density at radius 1 is 1.09 bits per heavy atom. The van der Waals surface area contributed by atoms with Crippen LogP contribution in [0.3, 0.4) is 0 Å². The van der Waals surface area contributed by atoms with E-state index in [1.807, 2.05) is 53.1 Å². The molecular weight excluding hydrogens is 452 g/mol. The first-order valence-electron chi connectivity index (χ1n) is 11.4. The van der Waals surface area contributed by atoms with Gasteiger partial charge in [0.05, 0.1) is 36.7 Å². The summed E-state index contributed by atoms with van der Waals surface area (Å²) in [6.07, 6.45) is 0.982. The van der Waals surface area contributed by atoms with Crippen LogP contribution >= 0.6 is 23.5 Å². The predicted octanol–water partition coefficient (Wildman–Crippen LogP) is 4.47. The number of para-hydroxylation sites is 2. The molecule has 0 bridgehead atoms. The fraction of sp³-hybridized carbons (Fsp3) is 0.400. The number of benzene rings is 2. The number of hydrogen-bond donors (Lipinski definition) is 0. The monoisotopic (exact) mass is 480 g/mol. The number of amides is 1. The molecule has 172 valence electrons. The van der Waals surface area contributed by atoms with Crippen molar-refractivity contribution in [2.75, 3.05) is 43.5 Å². The van der Waals surface area contributed by atoms with Gasteiger partial charge in [0.15, 0.2) is 0 Å². The fourth-order valence-corrected chi connectivity index (χ4v) is 6.21. The molecule has 1 aromatic heterocycles. The van der Waals surface area contributed by atoms with Crippen LogP contribution in [0.4, 0.5) is 5.69 Å². The molecule has 1 saturated heterocycles. The minimum Gasteiger partial charge on any atom is -0.379 e. The molecule has 6 nitrogen and oxygen atoms in total. The third-order valence-electron chi connectivity index (χ3n) is 5.96. The second-order valence-electron chi connectivity index (χ2n) is 8.37. The summed E-state index contributed by atoms with van der Waals surface area (Å²) < 4.78 is 5.46. The lowest BCUT2D eigenvalue weighted by Crippen LogP contribution is -2.36. The second kappa shape index (κ2) is 10.4. The van der Waals surface area contributed by atoms with Crippen molar-refractivity contribution in [2.24, 2.45) is 0 Å². The zero-order valence-corrected chi connectivity index (χ0v) is 20.4. The van der Waals surface area contributed by atoms with Crippen molar-refractivity contribution in [1.82, 2.24) is 14.9 Å². The lowest BCUT2D eigenvalue weighted by molar-refractivity contribution is -0.116. The fourth-order valence-electron chi connectivity index (χ4n) is 4.19. The maximum Gasteiger partial charge on any atom is 0.237 e. The summed E-state index contributed by atoms with van der Waals surface area (Å²) >= 11 is 3.37. The normalized spacial score (nSPS) is 19.3. The molecule has 0 spiro atoms. The average molecular weight is 481 g/mol. The molecule has 0 N–H and O–H groups in total. The predicted molar refractivity (Wildman–Crippen MR) is 135 cm³/mol. The zero-order chi connectivity index (χ0) is 22.6. The van der Waals surface area contributed by atoms with E-state index < -0.39 is 0 Å². The number of thioether (sulfide) groups is 2. The first-order chi connectivity index (χ1) is 16.2. The Morgan fingerprint density at radius 2 is 1.88 bits per heavy atom. The number of morpholine rings is 1. The summed E-state index contributed by atoms with van der Waals surface area (Å²) in [5.41, 5.74) is 1.95. The maximum absolute atomic E-state index is 13.4. The van der Waals surface area contributed by atoms with Crippen molar-refractivity contribution in [2.45, 2.75) is 35.1 Å². The van der Waals surface area contributed by atoms with E-state index in [4.69, 9.17) is 14.7 Å². The van der Waals surface area contributed by atoms with Crippen LogP contribution in [0.15, 0.2) is 58.5 Å². The summed E-state index contributed by atoms with van der Waals surface area (Å²) in [5, 5.41) is 2.37. The van der Waals surface area contributed by atoms with E-state index in [9.17, 15) is 4.79 Å². The topological polar surface area (TPSA) is 58.6 Å². The molecule has 2 aliphatic rings. The van der Waals surface area contributed by atoms with E-state index in [0.29, 0.717) is 17.5 Å². The molecule has 1 fully saturated rings. The van der Waals surface area contributed by atoms with Crippen LogP contribution in [0.2, 0.25) is 0 Å². The third kappa shape index (κ3) is 5.35. The number of fused-ring (bicyclic) bond motifs is 2. The van der Waals surface area contributed by atoms with E-state index >= 15 is 0 Å². The highest BCUT2D eigenvalue weighted by Crippen LogP contribution is 2.37. The zero-order valence-electron chi connectivity index (χ0n) is 18.8. The minimum atomic E-state index is 0.125. The van der Waals surface area contributed by atoms with Gasteiger partial charge in [-0.2, -0.15) is 0 Å². The highest BCUT2D eigenvalue weighted by atomic mass is 32.2. The number of anilines is 1. The molecule has 2 aliphatic heterocycles. The van der Waals surface area contributed by atoms with Crippen molar-refractivity contribution >= 4 is 46.0 Å². The first kappa shape index (κ1) is 22.7. The lowest BCUT2D eigenvalue weighted by atomic mass is 10.2. The standard InChI is InChI=1S/C25H28N4O2S2/c1-18-10-11-29(21-8-4-5-9-22(21)33-18)24(30)17-32-25-19-6-2-3-7-20(19)26-23(27-25)16-28-12-14-31-15-13-28/h2-9,18H,10-17H2,1H3. The second-order valence-corrected chi connectivity index (χ2v) is 10.8. The molecule has 0 radical (unpaired) electrons. The first-order valence-corrected chi connectivity index (χ1v) is 13.3. The molecule has 0 saturated carbocycles. The number of hydrogen-bond acceptors (Lipinski definition) is 7. The Bertz CT molecular complexity index is 1140. The van der Waals surface area contributed by atoms with Gasteiger partial charge in [0.1, 0.15) is 10.9 Å². The van der Waals surface area contributed by atoms with Gasteiger partial charge in [0, 0.05) is 35.2 Å². The summed E-state index contributed by atoms with van der Waals surface area (Å²) in [6, 6.07) is 16.3. The Balaban J connectivity index is 1.36. The van der Waals surface area contributed by atoms with Crippen molar-refractivity contribution in [3.63, 3.8) is 0 Å². The Labute approximate surface area is 203 Å². The van der Waals surface area contributed by atoms with Gasteiger partial charge in [-0.05, 0) is 24.6 Å². The van der Waals surface area contributed by atoms with Crippen LogP contribution in [-0.4, -0.2) is 64.6 Å². The van der Waals surface area contributed by atoms with E-state index in [-0.39, 0.29) is 5.91 Å². The van der Waals surface area contributed by atoms with Crippen molar-refractivity contribution in [1.29, 1.82) is 0 Å². The van der Waals surface area contributed by atoms with E-state index in [0.717, 1.165) is 66.7 Å². The van der Waals surface area contributed by atoms with Crippen LogP contribution in [0.5, 0.6) is 0 Å². The molecular formula is C25H28N4O2S2.